The molecule has 1 atom stereocenters. The van der Waals surface area contributed by atoms with Gasteiger partial charge in [-0.1, -0.05) is 18.2 Å². The molecule has 0 saturated heterocycles. The van der Waals surface area contributed by atoms with E-state index in [0.29, 0.717) is 40.6 Å². The third-order valence-electron chi connectivity index (χ3n) is 4.97. The summed E-state index contributed by atoms with van der Waals surface area (Å²) in [7, 11) is 1.23. The Balaban J connectivity index is 1.51. The van der Waals surface area contributed by atoms with Gasteiger partial charge in [0.25, 0.3) is 0 Å². The number of alkyl halides is 3. The van der Waals surface area contributed by atoms with Crippen molar-refractivity contribution in [2.24, 2.45) is 0 Å². The number of fused-ring (bicyclic) bond motifs is 2. The van der Waals surface area contributed by atoms with Crippen LogP contribution < -0.4 is 15.4 Å². The minimum atomic E-state index is -4.79. The third kappa shape index (κ3) is 4.11. The van der Waals surface area contributed by atoms with Crippen molar-refractivity contribution in [2.45, 2.75) is 25.2 Å². The van der Waals surface area contributed by atoms with E-state index in [9.17, 15) is 22.8 Å². The van der Waals surface area contributed by atoms with E-state index in [2.05, 4.69) is 25.2 Å². The Morgan fingerprint density at radius 2 is 1.97 bits per heavy atom. The van der Waals surface area contributed by atoms with Crippen LogP contribution in [-0.4, -0.2) is 35.4 Å². The monoisotopic (exact) mass is 434 g/mol. The molecular formula is C20H17F3N4O4. The zero-order valence-corrected chi connectivity index (χ0v) is 16.2. The molecule has 1 aliphatic carbocycles. The van der Waals surface area contributed by atoms with Crippen LogP contribution in [0.15, 0.2) is 42.6 Å². The SMILES string of the molecule is COC(=O)n1ncc2c(NC(=O)NC3CCc4c(OC(F)(F)F)cccc43)cccc21. The molecule has 2 aromatic carbocycles. The molecule has 0 radical (unpaired) electrons. The van der Waals surface area contributed by atoms with Gasteiger partial charge in [0.05, 0.1) is 30.6 Å². The number of nitrogens with zero attached hydrogens (tertiary/aromatic N) is 2. The molecule has 1 aliphatic rings. The van der Waals surface area contributed by atoms with Crippen LogP contribution in [0.5, 0.6) is 5.75 Å². The average molecular weight is 434 g/mol. The van der Waals surface area contributed by atoms with Gasteiger partial charge in [-0.15, -0.1) is 13.2 Å². The molecule has 0 spiro atoms. The Kier molecular flexibility index (Phi) is 5.17. The number of carbonyl (C=O) groups is 2. The van der Waals surface area contributed by atoms with Crippen LogP contribution in [0.4, 0.5) is 28.4 Å². The minimum Gasteiger partial charge on any atom is -0.451 e. The van der Waals surface area contributed by atoms with Crippen molar-refractivity contribution in [1.82, 2.24) is 15.1 Å². The molecule has 2 N–H and O–H groups in total. The predicted octanol–water partition coefficient (Wildman–Crippen LogP) is 4.36. The highest BCUT2D eigenvalue weighted by Crippen LogP contribution is 2.39. The molecule has 1 aromatic heterocycles. The van der Waals surface area contributed by atoms with Crippen molar-refractivity contribution in [3.05, 3.63) is 53.7 Å². The number of aromatic nitrogens is 2. The maximum Gasteiger partial charge on any atom is 0.573 e. The van der Waals surface area contributed by atoms with Crippen LogP contribution in [0.3, 0.4) is 0 Å². The fraction of sp³-hybridized carbons (Fsp3) is 0.250. The highest BCUT2D eigenvalue weighted by Gasteiger charge is 2.34. The summed E-state index contributed by atoms with van der Waals surface area (Å²) < 4.78 is 47.7. The van der Waals surface area contributed by atoms with E-state index in [1.165, 1.54) is 25.4 Å². The summed E-state index contributed by atoms with van der Waals surface area (Å²) in [5.74, 6) is -0.255. The second-order valence-electron chi connectivity index (χ2n) is 6.83. The van der Waals surface area contributed by atoms with Crippen LogP contribution >= 0.6 is 0 Å². The molecule has 0 aliphatic heterocycles. The molecule has 0 bridgehead atoms. The molecule has 0 fully saturated rings. The van der Waals surface area contributed by atoms with Crippen LogP contribution in [-0.2, 0) is 11.2 Å². The van der Waals surface area contributed by atoms with E-state index in [-0.39, 0.29) is 5.75 Å². The van der Waals surface area contributed by atoms with Crippen molar-refractivity contribution in [3.63, 3.8) is 0 Å². The van der Waals surface area contributed by atoms with Gasteiger partial charge in [0.15, 0.2) is 0 Å². The van der Waals surface area contributed by atoms with E-state index in [4.69, 9.17) is 0 Å². The Hall–Kier alpha value is -3.76. The fourth-order valence-corrected chi connectivity index (χ4v) is 3.70. The Morgan fingerprint density at radius 3 is 2.71 bits per heavy atom. The normalized spacial score (nSPS) is 15.4. The molecule has 31 heavy (non-hydrogen) atoms. The van der Waals surface area contributed by atoms with Crippen molar-refractivity contribution < 1.29 is 32.2 Å². The highest BCUT2D eigenvalue weighted by molar-refractivity contribution is 6.02. The van der Waals surface area contributed by atoms with Gasteiger partial charge in [0.1, 0.15) is 5.75 Å². The smallest absolute Gasteiger partial charge is 0.451 e. The fourth-order valence-electron chi connectivity index (χ4n) is 3.70. The van der Waals surface area contributed by atoms with Gasteiger partial charge in [-0.25, -0.2) is 9.59 Å². The first-order valence-electron chi connectivity index (χ1n) is 9.27. The summed E-state index contributed by atoms with van der Waals surface area (Å²) >= 11 is 0. The number of urea groups is 1. The lowest BCUT2D eigenvalue weighted by Gasteiger charge is -2.16. The lowest BCUT2D eigenvalue weighted by molar-refractivity contribution is -0.274. The molecule has 0 saturated carbocycles. The lowest BCUT2D eigenvalue weighted by Crippen LogP contribution is -2.31. The van der Waals surface area contributed by atoms with Gasteiger partial charge < -0.3 is 20.1 Å². The van der Waals surface area contributed by atoms with Gasteiger partial charge in [-0.05, 0) is 42.2 Å². The minimum absolute atomic E-state index is 0.255. The molecule has 4 rings (SSSR count). The van der Waals surface area contributed by atoms with Gasteiger partial charge in [-0.2, -0.15) is 9.78 Å². The zero-order chi connectivity index (χ0) is 22.2. The number of halogens is 3. The third-order valence-corrected chi connectivity index (χ3v) is 4.97. The maximum absolute atomic E-state index is 12.6. The molecule has 3 aromatic rings. The highest BCUT2D eigenvalue weighted by atomic mass is 19.4. The number of ether oxygens (including phenoxy) is 2. The summed E-state index contributed by atoms with van der Waals surface area (Å²) in [5, 5.41) is 9.97. The number of rotatable bonds is 3. The molecule has 11 heteroatoms. The number of methoxy groups -OCH3 is 1. The largest absolute Gasteiger partial charge is 0.573 e. The quantitative estimate of drug-likeness (QED) is 0.639. The summed E-state index contributed by atoms with van der Waals surface area (Å²) in [6.45, 7) is 0. The number of anilines is 1. The number of amides is 2. The Morgan fingerprint density at radius 1 is 1.19 bits per heavy atom. The number of benzene rings is 2. The second kappa shape index (κ2) is 7.82. The first kappa shape index (κ1) is 20.5. The Labute approximate surface area is 173 Å². The van der Waals surface area contributed by atoms with Crippen molar-refractivity contribution >= 4 is 28.7 Å². The van der Waals surface area contributed by atoms with Gasteiger partial charge in [-0.3, -0.25) is 0 Å². The van der Waals surface area contributed by atoms with Crippen LogP contribution in [0.2, 0.25) is 0 Å². The van der Waals surface area contributed by atoms with Gasteiger partial charge in [0.2, 0.25) is 0 Å². The summed E-state index contributed by atoms with van der Waals surface area (Å²) in [6.07, 6.45) is -3.26. The topological polar surface area (TPSA) is 94.5 Å². The molecule has 1 heterocycles. The van der Waals surface area contributed by atoms with Crippen LogP contribution in [0.25, 0.3) is 10.9 Å². The van der Waals surface area contributed by atoms with Crippen molar-refractivity contribution in [3.8, 4) is 5.75 Å². The molecular weight excluding hydrogens is 417 g/mol. The van der Waals surface area contributed by atoms with E-state index in [1.807, 2.05) is 0 Å². The van der Waals surface area contributed by atoms with E-state index in [0.717, 1.165) is 4.68 Å². The van der Waals surface area contributed by atoms with E-state index >= 15 is 0 Å². The summed E-state index contributed by atoms with van der Waals surface area (Å²) in [5.41, 5.74) is 1.86. The second-order valence-corrected chi connectivity index (χ2v) is 6.83. The number of hydrogen-bond acceptors (Lipinski definition) is 5. The lowest BCUT2D eigenvalue weighted by atomic mass is 10.1. The van der Waals surface area contributed by atoms with Crippen LogP contribution in [0, 0.1) is 0 Å². The first-order valence-corrected chi connectivity index (χ1v) is 9.27. The van der Waals surface area contributed by atoms with Gasteiger partial charge in [0, 0.05) is 5.39 Å². The predicted molar refractivity (Wildman–Crippen MR) is 104 cm³/mol. The van der Waals surface area contributed by atoms with Gasteiger partial charge >= 0.3 is 18.5 Å². The number of hydrogen-bond donors (Lipinski definition) is 2. The van der Waals surface area contributed by atoms with Crippen molar-refractivity contribution in [2.75, 3.05) is 12.4 Å². The molecule has 8 nitrogen and oxygen atoms in total. The first-order chi connectivity index (χ1) is 14.8. The molecule has 2 amide bonds. The Bertz CT molecular complexity index is 1160. The van der Waals surface area contributed by atoms with Crippen LogP contribution in [0.1, 0.15) is 23.6 Å². The summed E-state index contributed by atoms with van der Waals surface area (Å²) in [4.78, 5) is 24.4. The summed E-state index contributed by atoms with van der Waals surface area (Å²) in [6, 6.07) is 8.30. The molecule has 162 valence electrons. The standard InChI is InChI=1S/C20H17F3N4O4/c1-30-19(29)27-16-6-3-5-14(13(16)10-24-27)25-18(28)26-15-9-8-12-11(15)4-2-7-17(12)31-20(21,22)23/h2-7,10,15H,8-9H2,1H3,(H2,25,26,28). The number of carbonyl (C=O) groups excluding carboxylic acids is 2. The molecule has 1 unspecified atom stereocenters. The van der Waals surface area contributed by atoms with E-state index in [1.54, 1.807) is 24.3 Å². The maximum atomic E-state index is 12.6. The van der Waals surface area contributed by atoms with E-state index < -0.39 is 24.5 Å². The average Bonchev–Trinajstić information content (AvgIpc) is 3.32. The zero-order valence-electron chi connectivity index (χ0n) is 16.2. The number of nitrogens with one attached hydrogen (secondary N) is 2. The van der Waals surface area contributed by atoms with Crippen molar-refractivity contribution in [1.29, 1.82) is 0 Å².